The highest BCUT2D eigenvalue weighted by Gasteiger charge is 2.36. The summed E-state index contributed by atoms with van der Waals surface area (Å²) in [5.41, 5.74) is 4.04. The molecule has 2 heterocycles. The van der Waals surface area contributed by atoms with Crippen molar-refractivity contribution in [1.82, 2.24) is 4.90 Å². The predicted molar refractivity (Wildman–Crippen MR) is 85.3 cm³/mol. The van der Waals surface area contributed by atoms with E-state index in [4.69, 9.17) is 9.47 Å². The normalized spacial score (nSPS) is 21.3. The monoisotopic (exact) mass is 313 g/mol. The molecule has 23 heavy (non-hydrogen) atoms. The van der Waals surface area contributed by atoms with Crippen molar-refractivity contribution in [2.75, 3.05) is 20.8 Å². The molecule has 2 aromatic carbocycles. The van der Waals surface area contributed by atoms with Crippen LogP contribution in [0, 0.1) is 0 Å². The van der Waals surface area contributed by atoms with Gasteiger partial charge in [0.25, 0.3) is 0 Å². The number of benzene rings is 2. The van der Waals surface area contributed by atoms with Crippen molar-refractivity contribution in [2.45, 2.75) is 19.0 Å². The number of ether oxygens (including phenoxy) is 2. The first-order valence-corrected chi connectivity index (χ1v) is 7.63. The summed E-state index contributed by atoms with van der Waals surface area (Å²) in [6, 6.07) is 7.65. The van der Waals surface area contributed by atoms with Gasteiger partial charge in [0, 0.05) is 36.7 Å². The summed E-state index contributed by atoms with van der Waals surface area (Å²) in [6.07, 6.45) is 0. The van der Waals surface area contributed by atoms with Gasteiger partial charge in [0.05, 0.1) is 14.2 Å². The zero-order chi connectivity index (χ0) is 16.1. The van der Waals surface area contributed by atoms with Gasteiger partial charge in [0.15, 0.2) is 23.0 Å². The van der Waals surface area contributed by atoms with Crippen LogP contribution in [0.25, 0.3) is 0 Å². The fourth-order valence-electron chi connectivity index (χ4n) is 3.83. The molecule has 5 heteroatoms. The van der Waals surface area contributed by atoms with E-state index in [1.54, 1.807) is 14.2 Å². The first kappa shape index (κ1) is 14.2. The zero-order valence-corrected chi connectivity index (χ0v) is 13.2. The minimum absolute atomic E-state index is 0.135. The van der Waals surface area contributed by atoms with Gasteiger partial charge in [-0.1, -0.05) is 12.1 Å². The number of hydrogen-bond acceptors (Lipinski definition) is 5. The van der Waals surface area contributed by atoms with Crippen molar-refractivity contribution >= 4 is 0 Å². The van der Waals surface area contributed by atoms with E-state index in [-0.39, 0.29) is 17.4 Å². The number of aromatic hydroxyl groups is 2. The number of nitrogens with zero attached hydrogens (tertiary/aromatic N) is 1. The molecule has 0 amide bonds. The summed E-state index contributed by atoms with van der Waals surface area (Å²) < 4.78 is 10.5. The van der Waals surface area contributed by atoms with Gasteiger partial charge in [-0.3, -0.25) is 4.90 Å². The molecule has 2 aliphatic rings. The summed E-state index contributed by atoms with van der Waals surface area (Å²) in [5, 5.41) is 20.9. The van der Waals surface area contributed by atoms with Crippen LogP contribution in [0.2, 0.25) is 0 Å². The van der Waals surface area contributed by atoms with Gasteiger partial charge in [0.1, 0.15) is 0 Å². The Morgan fingerprint density at radius 3 is 1.78 bits per heavy atom. The third-order valence-electron chi connectivity index (χ3n) is 4.96. The SMILES string of the molecule is COc1ccc2c(c1O)CN1Cc3c(ccc(OC)c3O)C2C1. The van der Waals surface area contributed by atoms with E-state index < -0.39 is 0 Å². The third kappa shape index (κ3) is 1.96. The molecule has 2 aromatic rings. The fraction of sp³-hybridized carbons (Fsp3) is 0.333. The van der Waals surface area contributed by atoms with Crippen LogP contribution >= 0.6 is 0 Å². The molecule has 0 fully saturated rings. The van der Waals surface area contributed by atoms with Gasteiger partial charge in [-0.25, -0.2) is 0 Å². The minimum Gasteiger partial charge on any atom is -0.504 e. The van der Waals surface area contributed by atoms with Crippen molar-refractivity contribution in [3.63, 3.8) is 0 Å². The first-order chi connectivity index (χ1) is 11.1. The van der Waals surface area contributed by atoms with Crippen LogP contribution in [0.5, 0.6) is 23.0 Å². The summed E-state index contributed by atoms with van der Waals surface area (Å²) in [5.74, 6) is 1.59. The molecule has 2 bridgehead atoms. The molecule has 120 valence electrons. The van der Waals surface area contributed by atoms with Gasteiger partial charge >= 0.3 is 0 Å². The molecule has 0 spiro atoms. The van der Waals surface area contributed by atoms with Crippen molar-refractivity contribution in [3.05, 3.63) is 46.5 Å². The van der Waals surface area contributed by atoms with Crippen LogP contribution in [-0.2, 0) is 13.1 Å². The average molecular weight is 313 g/mol. The van der Waals surface area contributed by atoms with Crippen molar-refractivity contribution in [1.29, 1.82) is 0 Å². The number of phenols is 2. The van der Waals surface area contributed by atoms with Crippen LogP contribution in [0.3, 0.4) is 0 Å². The second kappa shape index (κ2) is 5.06. The van der Waals surface area contributed by atoms with Crippen LogP contribution in [0.4, 0.5) is 0 Å². The maximum atomic E-state index is 10.5. The molecule has 0 aliphatic carbocycles. The lowest BCUT2D eigenvalue weighted by Crippen LogP contribution is -2.38. The molecule has 0 aromatic heterocycles. The molecule has 5 nitrogen and oxygen atoms in total. The predicted octanol–water partition coefficient (Wildman–Crippen LogP) is 2.58. The molecule has 0 unspecified atom stereocenters. The Morgan fingerprint density at radius 2 is 1.35 bits per heavy atom. The van der Waals surface area contributed by atoms with Crippen LogP contribution < -0.4 is 9.47 Å². The number of fused-ring (bicyclic) bond motifs is 6. The highest BCUT2D eigenvalue weighted by Crippen LogP contribution is 2.48. The Labute approximate surface area is 134 Å². The second-order valence-corrected chi connectivity index (χ2v) is 6.09. The van der Waals surface area contributed by atoms with Gasteiger partial charge in [0.2, 0.25) is 0 Å². The van der Waals surface area contributed by atoms with Crippen molar-refractivity contribution < 1.29 is 19.7 Å². The summed E-state index contributed by atoms with van der Waals surface area (Å²) in [4.78, 5) is 2.23. The Hall–Kier alpha value is -2.40. The molecule has 2 aliphatic heterocycles. The van der Waals surface area contributed by atoms with Gasteiger partial charge < -0.3 is 19.7 Å². The summed E-state index contributed by atoms with van der Waals surface area (Å²) >= 11 is 0. The lowest BCUT2D eigenvalue weighted by molar-refractivity contribution is 0.205. The zero-order valence-electron chi connectivity index (χ0n) is 13.2. The Morgan fingerprint density at radius 1 is 0.870 bits per heavy atom. The van der Waals surface area contributed by atoms with E-state index in [0.29, 0.717) is 24.6 Å². The van der Waals surface area contributed by atoms with Crippen LogP contribution in [0.15, 0.2) is 24.3 Å². The Bertz CT molecular complexity index is 724. The molecule has 0 radical (unpaired) electrons. The Balaban J connectivity index is 1.89. The minimum atomic E-state index is 0.135. The largest absolute Gasteiger partial charge is 0.504 e. The number of phenolic OH excluding ortho intramolecular Hbond substituents is 2. The highest BCUT2D eigenvalue weighted by molar-refractivity contribution is 5.59. The molecule has 0 saturated heterocycles. The Kier molecular flexibility index (Phi) is 3.13. The van der Waals surface area contributed by atoms with E-state index in [0.717, 1.165) is 28.8 Å². The van der Waals surface area contributed by atoms with Crippen LogP contribution in [0.1, 0.15) is 28.2 Å². The molecule has 0 atom stereocenters. The van der Waals surface area contributed by atoms with Crippen LogP contribution in [-0.4, -0.2) is 35.9 Å². The summed E-state index contributed by atoms with van der Waals surface area (Å²) in [7, 11) is 3.12. The lowest BCUT2D eigenvalue weighted by Gasteiger charge is -2.41. The third-order valence-corrected chi connectivity index (χ3v) is 4.96. The van der Waals surface area contributed by atoms with Gasteiger partial charge in [-0.05, 0) is 23.3 Å². The fourth-order valence-corrected chi connectivity index (χ4v) is 3.83. The average Bonchev–Trinajstić information content (AvgIpc) is 2.57. The standard InChI is InChI=1S/C18H19NO4/c1-22-15-5-3-10-12-7-19(8-13(10)17(15)20)9-14-11(12)4-6-16(23-2)18(14)21/h3-6,12,20-21H,7-9H2,1-2H3. The van der Waals surface area contributed by atoms with E-state index in [1.807, 2.05) is 24.3 Å². The smallest absolute Gasteiger partial charge is 0.162 e. The van der Waals surface area contributed by atoms with Gasteiger partial charge in [-0.2, -0.15) is 0 Å². The number of rotatable bonds is 2. The molecule has 2 N–H and O–H groups in total. The second-order valence-electron chi connectivity index (χ2n) is 6.09. The lowest BCUT2D eigenvalue weighted by atomic mass is 9.79. The van der Waals surface area contributed by atoms with E-state index in [1.165, 1.54) is 0 Å². The van der Waals surface area contributed by atoms with Crippen molar-refractivity contribution in [3.8, 4) is 23.0 Å². The molecule has 0 saturated carbocycles. The maximum Gasteiger partial charge on any atom is 0.162 e. The van der Waals surface area contributed by atoms with Gasteiger partial charge in [-0.15, -0.1) is 0 Å². The maximum absolute atomic E-state index is 10.5. The highest BCUT2D eigenvalue weighted by atomic mass is 16.5. The first-order valence-electron chi connectivity index (χ1n) is 7.63. The topological polar surface area (TPSA) is 62.2 Å². The number of hydrogen-bond donors (Lipinski definition) is 2. The van der Waals surface area contributed by atoms with Crippen molar-refractivity contribution in [2.24, 2.45) is 0 Å². The van der Waals surface area contributed by atoms with E-state index in [9.17, 15) is 10.2 Å². The molecule has 4 rings (SSSR count). The quantitative estimate of drug-likeness (QED) is 0.892. The van der Waals surface area contributed by atoms with E-state index in [2.05, 4.69) is 4.90 Å². The molecular weight excluding hydrogens is 294 g/mol. The number of methoxy groups -OCH3 is 2. The van der Waals surface area contributed by atoms with E-state index >= 15 is 0 Å². The summed E-state index contributed by atoms with van der Waals surface area (Å²) in [6.45, 7) is 2.17. The molecular formula is C18H19NO4.